The number of morpholine rings is 1. The second-order valence-corrected chi connectivity index (χ2v) is 7.50. The molecule has 0 spiro atoms. The highest BCUT2D eigenvalue weighted by Gasteiger charge is 2.30. The summed E-state index contributed by atoms with van der Waals surface area (Å²) >= 11 is 0. The Morgan fingerprint density at radius 1 is 1.25 bits per heavy atom. The SMILES string of the molecule is CN=C(NCC(c1ccc(F)cc1)N(C)C)N1CCC(N2CCOCC2)C1.I. The molecule has 0 bridgehead atoms. The summed E-state index contributed by atoms with van der Waals surface area (Å²) in [5.41, 5.74) is 1.09. The number of benzene rings is 1. The summed E-state index contributed by atoms with van der Waals surface area (Å²) in [4.78, 5) is 11.5. The van der Waals surface area contributed by atoms with E-state index in [2.05, 4.69) is 25.0 Å². The minimum absolute atomic E-state index is 0. The Balaban J connectivity index is 0.00000280. The molecule has 0 aliphatic carbocycles. The number of nitrogens with one attached hydrogen (secondary N) is 1. The quantitative estimate of drug-likeness (QED) is 0.377. The van der Waals surface area contributed by atoms with E-state index in [9.17, 15) is 4.39 Å². The lowest BCUT2D eigenvalue weighted by atomic mass is 10.1. The van der Waals surface area contributed by atoms with E-state index in [1.165, 1.54) is 12.1 Å². The van der Waals surface area contributed by atoms with E-state index in [1.54, 1.807) is 0 Å². The third-order valence-corrected chi connectivity index (χ3v) is 5.57. The highest BCUT2D eigenvalue weighted by Crippen LogP contribution is 2.19. The van der Waals surface area contributed by atoms with Gasteiger partial charge in [-0.05, 0) is 38.2 Å². The molecule has 2 aliphatic rings. The van der Waals surface area contributed by atoms with Crippen LogP contribution in [0.3, 0.4) is 0 Å². The number of halogens is 2. The third-order valence-electron chi connectivity index (χ3n) is 5.57. The number of guanidine groups is 1. The van der Waals surface area contributed by atoms with Crippen LogP contribution in [0.2, 0.25) is 0 Å². The molecule has 0 radical (unpaired) electrons. The van der Waals surface area contributed by atoms with Gasteiger partial charge in [0, 0.05) is 45.8 Å². The van der Waals surface area contributed by atoms with Gasteiger partial charge in [-0.1, -0.05) is 12.1 Å². The molecule has 1 aromatic carbocycles. The molecule has 2 aliphatic heterocycles. The van der Waals surface area contributed by atoms with Crippen molar-refractivity contribution in [2.45, 2.75) is 18.5 Å². The van der Waals surface area contributed by atoms with Gasteiger partial charge in [0.25, 0.3) is 0 Å². The van der Waals surface area contributed by atoms with E-state index in [0.29, 0.717) is 6.04 Å². The third kappa shape index (κ3) is 6.01. The van der Waals surface area contributed by atoms with Crippen molar-refractivity contribution in [2.75, 3.05) is 67.1 Å². The van der Waals surface area contributed by atoms with Crippen LogP contribution in [0.4, 0.5) is 4.39 Å². The molecule has 2 fully saturated rings. The smallest absolute Gasteiger partial charge is 0.193 e. The molecule has 2 unspecified atom stereocenters. The van der Waals surface area contributed by atoms with Crippen molar-refractivity contribution in [3.63, 3.8) is 0 Å². The van der Waals surface area contributed by atoms with Crippen LogP contribution in [-0.4, -0.2) is 93.8 Å². The zero-order valence-electron chi connectivity index (χ0n) is 17.1. The van der Waals surface area contributed by atoms with E-state index in [4.69, 9.17) is 4.74 Å². The largest absolute Gasteiger partial charge is 0.379 e. The molecule has 8 heteroatoms. The van der Waals surface area contributed by atoms with Crippen LogP contribution in [0.25, 0.3) is 0 Å². The molecule has 2 saturated heterocycles. The van der Waals surface area contributed by atoms with Gasteiger partial charge in [0.15, 0.2) is 5.96 Å². The molecule has 3 rings (SSSR count). The van der Waals surface area contributed by atoms with Crippen molar-refractivity contribution in [2.24, 2.45) is 4.99 Å². The van der Waals surface area contributed by atoms with Crippen molar-refractivity contribution < 1.29 is 9.13 Å². The van der Waals surface area contributed by atoms with E-state index in [1.807, 2.05) is 33.3 Å². The highest BCUT2D eigenvalue weighted by atomic mass is 127. The fourth-order valence-corrected chi connectivity index (χ4v) is 3.98. The first-order valence-electron chi connectivity index (χ1n) is 9.77. The zero-order chi connectivity index (χ0) is 19.2. The highest BCUT2D eigenvalue weighted by molar-refractivity contribution is 14.0. The number of nitrogens with zero attached hydrogens (tertiary/aromatic N) is 4. The van der Waals surface area contributed by atoms with Gasteiger partial charge in [-0.2, -0.15) is 0 Å². The van der Waals surface area contributed by atoms with Gasteiger partial charge < -0.3 is 19.9 Å². The number of aliphatic imine (C=N–C) groups is 1. The molecule has 158 valence electrons. The molecule has 1 aromatic rings. The number of rotatable bonds is 5. The minimum Gasteiger partial charge on any atom is -0.379 e. The number of likely N-dealkylation sites (tertiary alicyclic amines) is 1. The van der Waals surface area contributed by atoms with Crippen LogP contribution < -0.4 is 5.32 Å². The summed E-state index contributed by atoms with van der Waals surface area (Å²) in [5.74, 6) is 0.742. The summed E-state index contributed by atoms with van der Waals surface area (Å²) in [5, 5.41) is 3.53. The van der Waals surface area contributed by atoms with Crippen LogP contribution in [0, 0.1) is 5.82 Å². The number of hydrogen-bond donors (Lipinski definition) is 1. The Kier molecular flexibility index (Phi) is 9.39. The van der Waals surface area contributed by atoms with Crippen molar-refractivity contribution in [3.05, 3.63) is 35.6 Å². The minimum atomic E-state index is -0.203. The first kappa shape index (κ1) is 23.3. The molecule has 0 aromatic heterocycles. The van der Waals surface area contributed by atoms with Crippen LogP contribution in [0.1, 0.15) is 18.0 Å². The molecule has 2 heterocycles. The van der Waals surface area contributed by atoms with Gasteiger partial charge in [-0.25, -0.2) is 4.39 Å². The van der Waals surface area contributed by atoms with Gasteiger partial charge >= 0.3 is 0 Å². The molecular weight excluding hydrogens is 472 g/mol. The van der Waals surface area contributed by atoms with Crippen LogP contribution in [0.15, 0.2) is 29.3 Å². The summed E-state index contributed by atoms with van der Waals surface area (Å²) in [6, 6.07) is 7.49. The molecular formula is C20H33FIN5O. The monoisotopic (exact) mass is 505 g/mol. The van der Waals surface area contributed by atoms with Gasteiger partial charge in [-0.3, -0.25) is 9.89 Å². The average molecular weight is 505 g/mol. The zero-order valence-corrected chi connectivity index (χ0v) is 19.4. The van der Waals surface area contributed by atoms with Crippen molar-refractivity contribution in [3.8, 4) is 0 Å². The predicted octanol–water partition coefficient (Wildman–Crippen LogP) is 2.03. The number of hydrogen-bond acceptors (Lipinski definition) is 4. The molecule has 28 heavy (non-hydrogen) atoms. The molecule has 0 saturated carbocycles. The molecule has 1 N–H and O–H groups in total. The Morgan fingerprint density at radius 3 is 2.54 bits per heavy atom. The second kappa shape index (κ2) is 11.3. The first-order valence-corrected chi connectivity index (χ1v) is 9.77. The lowest BCUT2D eigenvalue weighted by molar-refractivity contribution is 0.0195. The summed E-state index contributed by atoms with van der Waals surface area (Å²) in [6.07, 6.45) is 1.16. The second-order valence-electron chi connectivity index (χ2n) is 7.50. The lowest BCUT2D eigenvalue weighted by Gasteiger charge is -2.32. The van der Waals surface area contributed by atoms with Gasteiger partial charge in [-0.15, -0.1) is 24.0 Å². The maximum Gasteiger partial charge on any atom is 0.193 e. The Hall–Kier alpha value is -0.970. The molecule has 2 atom stereocenters. The fourth-order valence-electron chi connectivity index (χ4n) is 3.98. The summed E-state index contributed by atoms with van der Waals surface area (Å²) in [6.45, 7) is 6.48. The van der Waals surface area contributed by atoms with Crippen LogP contribution in [0.5, 0.6) is 0 Å². The van der Waals surface area contributed by atoms with E-state index < -0.39 is 0 Å². The van der Waals surface area contributed by atoms with Crippen LogP contribution >= 0.6 is 24.0 Å². The van der Waals surface area contributed by atoms with Gasteiger partial charge in [0.05, 0.1) is 19.3 Å². The van der Waals surface area contributed by atoms with E-state index >= 15 is 0 Å². The number of ether oxygens (including phenoxy) is 1. The van der Waals surface area contributed by atoms with Gasteiger partial charge in [0.2, 0.25) is 0 Å². The van der Waals surface area contributed by atoms with Crippen molar-refractivity contribution in [1.82, 2.24) is 20.0 Å². The summed E-state index contributed by atoms with van der Waals surface area (Å²) in [7, 11) is 5.93. The maximum absolute atomic E-state index is 13.2. The Labute approximate surface area is 185 Å². The lowest BCUT2D eigenvalue weighted by Crippen LogP contribution is -2.47. The topological polar surface area (TPSA) is 43.3 Å². The van der Waals surface area contributed by atoms with Crippen molar-refractivity contribution in [1.29, 1.82) is 0 Å². The Bertz CT molecular complexity index is 622. The average Bonchev–Trinajstić information content (AvgIpc) is 3.17. The number of likely N-dealkylation sites (N-methyl/N-ethyl adjacent to an activating group) is 1. The Morgan fingerprint density at radius 2 is 1.93 bits per heavy atom. The molecule has 6 nitrogen and oxygen atoms in total. The fraction of sp³-hybridized carbons (Fsp3) is 0.650. The summed E-state index contributed by atoms with van der Waals surface area (Å²) < 4.78 is 18.7. The van der Waals surface area contributed by atoms with Crippen molar-refractivity contribution >= 4 is 29.9 Å². The molecule has 0 amide bonds. The van der Waals surface area contributed by atoms with E-state index in [0.717, 1.165) is 63.9 Å². The normalized spacial score (nSPS) is 22.2. The van der Waals surface area contributed by atoms with E-state index in [-0.39, 0.29) is 35.8 Å². The predicted molar refractivity (Wildman–Crippen MR) is 122 cm³/mol. The van der Waals surface area contributed by atoms with Crippen LogP contribution in [-0.2, 0) is 4.74 Å². The standard InChI is InChI=1S/C20H32FN5O.HI/c1-22-20(26-9-8-18(15-26)25-10-12-27-13-11-25)23-14-19(24(2)3)16-4-6-17(21)7-5-16;/h4-7,18-19H,8-15H2,1-3H3,(H,22,23);1H. The maximum atomic E-state index is 13.2. The van der Waals surface area contributed by atoms with Gasteiger partial charge in [0.1, 0.15) is 5.82 Å². The first-order chi connectivity index (χ1) is 13.1.